The summed E-state index contributed by atoms with van der Waals surface area (Å²) < 4.78 is 1.16. The van der Waals surface area contributed by atoms with E-state index in [9.17, 15) is 0 Å². The Kier molecular flexibility index (Phi) is 5.25. The van der Waals surface area contributed by atoms with E-state index < -0.39 is 0 Å². The lowest BCUT2D eigenvalue weighted by atomic mass is 10.1. The number of aryl methyl sites for hydroxylation is 1. The molecule has 1 fully saturated rings. The minimum atomic E-state index is 0.539. The maximum absolute atomic E-state index is 3.55. The summed E-state index contributed by atoms with van der Waals surface area (Å²) in [6, 6.07) is 7.14. The zero-order valence-corrected chi connectivity index (χ0v) is 13.7. The summed E-state index contributed by atoms with van der Waals surface area (Å²) in [6.45, 7) is 6.67. The summed E-state index contributed by atoms with van der Waals surface area (Å²) in [5, 5.41) is 3.34. The first kappa shape index (κ1) is 14.8. The lowest BCUT2D eigenvalue weighted by Gasteiger charge is -2.34. The Balaban J connectivity index is 2.27. The van der Waals surface area contributed by atoms with Crippen LogP contribution in [-0.4, -0.2) is 51.2 Å². The summed E-state index contributed by atoms with van der Waals surface area (Å²) in [7, 11) is 4.26. The van der Waals surface area contributed by atoms with Crippen LogP contribution in [0.1, 0.15) is 12.0 Å². The topological polar surface area (TPSA) is 18.5 Å². The molecule has 1 aromatic carbocycles. The Hall–Kier alpha value is -0.580. The van der Waals surface area contributed by atoms with Crippen LogP contribution >= 0.6 is 15.9 Å². The fourth-order valence-electron chi connectivity index (χ4n) is 2.91. The summed E-state index contributed by atoms with van der Waals surface area (Å²) >= 11 is 3.55. The number of anilines is 1. The predicted octanol–water partition coefficient (Wildman–Crippen LogP) is 2.49. The average molecular weight is 326 g/mol. The van der Waals surface area contributed by atoms with Crippen LogP contribution < -0.4 is 10.2 Å². The maximum atomic E-state index is 3.55. The third-order valence-corrected chi connectivity index (χ3v) is 4.30. The molecule has 0 amide bonds. The first-order valence-electron chi connectivity index (χ1n) is 6.97. The van der Waals surface area contributed by atoms with Crippen LogP contribution in [0.2, 0.25) is 0 Å². The number of hydrogen-bond donors (Lipinski definition) is 1. The van der Waals surface area contributed by atoms with Gasteiger partial charge in [-0.3, -0.25) is 0 Å². The normalized spacial score (nSPS) is 21.5. The second-order valence-electron chi connectivity index (χ2n) is 5.45. The quantitative estimate of drug-likeness (QED) is 0.921. The Labute approximate surface area is 125 Å². The largest absolute Gasteiger partial charge is 0.366 e. The van der Waals surface area contributed by atoms with Gasteiger partial charge in [-0.2, -0.15) is 0 Å². The molecule has 1 aliphatic heterocycles. The number of nitrogens with zero attached hydrogens (tertiary/aromatic N) is 2. The first-order chi connectivity index (χ1) is 9.11. The van der Waals surface area contributed by atoms with Crippen molar-refractivity contribution in [2.24, 2.45) is 0 Å². The van der Waals surface area contributed by atoms with E-state index in [1.54, 1.807) is 0 Å². The third kappa shape index (κ3) is 3.71. The molecule has 0 aromatic heterocycles. The minimum Gasteiger partial charge on any atom is -0.366 e. The van der Waals surface area contributed by atoms with Gasteiger partial charge in [-0.25, -0.2) is 0 Å². The highest BCUT2D eigenvalue weighted by Gasteiger charge is 2.24. The average Bonchev–Trinajstić information content (AvgIpc) is 2.52. The van der Waals surface area contributed by atoms with Gasteiger partial charge in [-0.05, 0) is 57.7 Å². The number of likely N-dealkylation sites (N-methyl/N-ethyl adjacent to an activating group) is 2. The Morgan fingerprint density at radius 1 is 1.37 bits per heavy atom. The van der Waals surface area contributed by atoms with Crippen molar-refractivity contribution < 1.29 is 0 Å². The van der Waals surface area contributed by atoms with Crippen LogP contribution in [0.25, 0.3) is 0 Å². The van der Waals surface area contributed by atoms with E-state index in [1.165, 1.54) is 24.2 Å². The molecule has 0 spiro atoms. The molecule has 0 bridgehead atoms. The number of rotatable bonds is 3. The molecule has 1 N–H and O–H groups in total. The van der Waals surface area contributed by atoms with Crippen LogP contribution in [0.3, 0.4) is 0 Å². The molecule has 0 aliphatic carbocycles. The number of benzene rings is 1. The van der Waals surface area contributed by atoms with Crippen LogP contribution in [0.15, 0.2) is 22.7 Å². The monoisotopic (exact) mass is 325 g/mol. The third-order valence-electron chi connectivity index (χ3n) is 3.81. The number of nitrogens with one attached hydrogen (secondary N) is 1. The second-order valence-corrected chi connectivity index (χ2v) is 6.37. The molecule has 1 saturated heterocycles. The molecular formula is C15H24BrN3. The van der Waals surface area contributed by atoms with Crippen molar-refractivity contribution in [3.05, 3.63) is 28.2 Å². The van der Waals surface area contributed by atoms with Gasteiger partial charge in [0.1, 0.15) is 0 Å². The second kappa shape index (κ2) is 6.73. The highest BCUT2D eigenvalue weighted by atomic mass is 79.9. The number of hydrogen-bond acceptors (Lipinski definition) is 3. The molecule has 1 aromatic rings. The van der Waals surface area contributed by atoms with E-state index in [2.05, 4.69) is 63.2 Å². The molecule has 3 nitrogen and oxygen atoms in total. The van der Waals surface area contributed by atoms with Crippen LogP contribution in [0.4, 0.5) is 5.69 Å². The summed E-state index contributed by atoms with van der Waals surface area (Å²) in [4.78, 5) is 5.01. The predicted molar refractivity (Wildman–Crippen MR) is 86.1 cm³/mol. The van der Waals surface area contributed by atoms with E-state index in [0.29, 0.717) is 6.04 Å². The Morgan fingerprint density at radius 2 is 2.16 bits per heavy atom. The fraction of sp³-hybridized carbons (Fsp3) is 0.600. The highest BCUT2D eigenvalue weighted by molar-refractivity contribution is 9.10. The van der Waals surface area contributed by atoms with Crippen molar-refractivity contribution in [1.82, 2.24) is 10.2 Å². The van der Waals surface area contributed by atoms with Gasteiger partial charge in [0.15, 0.2) is 0 Å². The fourth-order valence-corrected chi connectivity index (χ4v) is 3.39. The van der Waals surface area contributed by atoms with Crippen molar-refractivity contribution in [3.8, 4) is 0 Å². The zero-order chi connectivity index (χ0) is 13.8. The van der Waals surface area contributed by atoms with Crippen LogP contribution in [0, 0.1) is 6.92 Å². The lowest BCUT2D eigenvalue weighted by molar-refractivity contribution is 0.328. The van der Waals surface area contributed by atoms with Gasteiger partial charge in [0.25, 0.3) is 0 Å². The van der Waals surface area contributed by atoms with Crippen molar-refractivity contribution in [1.29, 1.82) is 0 Å². The Bertz CT molecular complexity index is 422. The van der Waals surface area contributed by atoms with Crippen molar-refractivity contribution in [3.63, 3.8) is 0 Å². The first-order valence-corrected chi connectivity index (χ1v) is 7.77. The molecule has 1 unspecified atom stereocenters. The van der Waals surface area contributed by atoms with Gasteiger partial charge in [0.05, 0.1) is 6.04 Å². The van der Waals surface area contributed by atoms with Crippen LogP contribution in [-0.2, 0) is 0 Å². The molecule has 0 radical (unpaired) electrons. The van der Waals surface area contributed by atoms with E-state index in [0.717, 1.165) is 24.1 Å². The van der Waals surface area contributed by atoms with Gasteiger partial charge in [-0.1, -0.05) is 15.9 Å². The van der Waals surface area contributed by atoms with E-state index in [1.807, 2.05) is 7.05 Å². The lowest BCUT2D eigenvalue weighted by Crippen LogP contribution is -2.46. The molecule has 1 aliphatic rings. The van der Waals surface area contributed by atoms with Crippen molar-refractivity contribution in [2.45, 2.75) is 19.4 Å². The molecule has 19 heavy (non-hydrogen) atoms. The van der Waals surface area contributed by atoms with Gasteiger partial charge < -0.3 is 15.1 Å². The van der Waals surface area contributed by atoms with Crippen LogP contribution in [0.5, 0.6) is 0 Å². The SMILES string of the molecule is CNCC1CN(C)CCCN1c1ccc(Br)cc1C. The van der Waals surface area contributed by atoms with E-state index >= 15 is 0 Å². The van der Waals surface area contributed by atoms with Crippen molar-refractivity contribution >= 4 is 21.6 Å². The molecule has 1 atom stereocenters. The molecule has 2 rings (SSSR count). The summed E-state index contributed by atoms with van der Waals surface area (Å²) in [6.07, 6.45) is 1.23. The maximum Gasteiger partial charge on any atom is 0.0541 e. The highest BCUT2D eigenvalue weighted by Crippen LogP contribution is 2.26. The summed E-state index contributed by atoms with van der Waals surface area (Å²) in [5.74, 6) is 0. The molecule has 106 valence electrons. The molecule has 1 heterocycles. The Morgan fingerprint density at radius 3 is 2.84 bits per heavy atom. The van der Waals surface area contributed by atoms with Crippen molar-refractivity contribution in [2.75, 3.05) is 45.2 Å². The minimum absolute atomic E-state index is 0.539. The van der Waals surface area contributed by atoms with Gasteiger partial charge in [0.2, 0.25) is 0 Å². The smallest absolute Gasteiger partial charge is 0.0541 e. The van der Waals surface area contributed by atoms with Gasteiger partial charge in [-0.15, -0.1) is 0 Å². The van der Waals surface area contributed by atoms with Gasteiger partial charge >= 0.3 is 0 Å². The van der Waals surface area contributed by atoms with Gasteiger partial charge in [0, 0.05) is 29.8 Å². The van der Waals surface area contributed by atoms with E-state index in [4.69, 9.17) is 0 Å². The molecular weight excluding hydrogens is 302 g/mol. The molecule has 0 saturated carbocycles. The zero-order valence-electron chi connectivity index (χ0n) is 12.1. The number of halogens is 1. The van der Waals surface area contributed by atoms with E-state index in [-0.39, 0.29) is 0 Å². The molecule has 4 heteroatoms. The summed E-state index contributed by atoms with van der Waals surface area (Å²) in [5.41, 5.74) is 2.72. The standard InChI is InChI=1S/C15H24BrN3/c1-12-9-13(16)5-6-15(12)19-8-4-7-18(3)11-14(19)10-17-2/h5-6,9,14,17H,4,7-8,10-11H2,1-3H3.